The predicted molar refractivity (Wildman–Crippen MR) is 66.3 cm³/mol. The van der Waals surface area contributed by atoms with Gasteiger partial charge in [0.25, 0.3) is 11.6 Å². The Kier molecular flexibility index (Phi) is 3.11. The minimum Gasteiger partial charge on any atom is -0.319 e. The van der Waals surface area contributed by atoms with Gasteiger partial charge in [-0.1, -0.05) is 0 Å². The maximum Gasteiger partial charge on any atom is 0.326 e. The van der Waals surface area contributed by atoms with E-state index in [1.54, 1.807) is 6.07 Å². The molecule has 1 atom stereocenters. The van der Waals surface area contributed by atoms with Crippen molar-refractivity contribution >= 4 is 17.6 Å². The quantitative estimate of drug-likeness (QED) is 0.380. The largest absolute Gasteiger partial charge is 0.326 e. The van der Waals surface area contributed by atoms with Gasteiger partial charge in [-0.25, -0.2) is 9.69 Å². The van der Waals surface area contributed by atoms with Crippen molar-refractivity contribution < 1.29 is 14.5 Å². The fourth-order valence-electron chi connectivity index (χ4n) is 2.02. The Hall–Kier alpha value is -2.95. The number of carbonyl (C=O) groups excluding carboxylic acids is 2. The molecule has 1 unspecified atom stereocenters. The van der Waals surface area contributed by atoms with Gasteiger partial charge in [-0.3, -0.25) is 14.9 Å². The zero-order valence-electron chi connectivity index (χ0n) is 10.5. The molecule has 1 fully saturated rings. The van der Waals surface area contributed by atoms with Crippen molar-refractivity contribution in [2.45, 2.75) is 12.5 Å². The van der Waals surface area contributed by atoms with Crippen molar-refractivity contribution in [3.8, 4) is 6.07 Å². The third-order valence-electron chi connectivity index (χ3n) is 3.16. The summed E-state index contributed by atoms with van der Waals surface area (Å²) in [7, 11) is 0. The Morgan fingerprint density at radius 1 is 1.40 bits per heavy atom. The summed E-state index contributed by atoms with van der Waals surface area (Å²) in [4.78, 5) is 34.7. The number of nitro benzene ring substituents is 1. The highest BCUT2D eigenvalue weighted by atomic mass is 16.6. The second kappa shape index (κ2) is 4.62. The van der Waals surface area contributed by atoms with E-state index in [-0.39, 0.29) is 12.2 Å². The SMILES string of the molecule is CC1(c2ccc([N+](=O)[O-])cc2)NC(=O)N(CC#N)C1=O. The number of benzene rings is 1. The van der Waals surface area contributed by atoms with E-state index in [1.807, 2.05) is 0 Å². The number of urea groups is 1. The number of imide groups is 1. The molecule has 1 aromatic rings. The number of rotatable bonds is 3. The number of nitrogens with zero attached hydrogens (tertiary/aromatic N) is 3. The number of hydrogen-bond donors (Lipinski definition) is 1. The van der Waals surface area contributed by atoms with Crippen LogP contribution < -0.4 is 5.32 Å². The molecule has 1 N–H and O–H groups in total. The maximum atomic E-state index is 12.2. The first kappa shape index (κ1) is 13.5. The average Bonchev–Trinajstić information content (AvgIpc) is 2.64. The van der Waals surface area contributed by atoms with Gasteiger partial charge in [0.05, 0.1) is 11.0 Å². The van der Waals surface area contributed by atoms with E-state index in [0.29, 0.717) is 5.56 Å². The Labute approximate surface area is 113 Å². The van der Waals surface area contributed by atoms with E-state index in [0.717, 1.165) is 4.90 Å². The Morgan fingerprint density at radius 2 is 2.00 bits per heavy atom. The molecule has 3 amide bonds. The van der Waals surface area contributed by atoms with Crippen LogP contribution in [0.3, 0.4) is 0 Å². The lowest BCUT2D eigenvalue weighted by molar-refractivity contribution is -0.384. The fourth-order valence-corrected chi connectivity index (χ4v) is 2.02. The summed E-state index contributed by atoms with van der Waals surface area (Å²) < 4.78 is 0. The van der Waals surface area contributed by atoms with Gasteiger partial charge in [-0.05, 0) is 24.6 Å². The number of hydrogen-bond acceptors (Lipinski definition) is 5. The molecule has 8 nitrogen and oxygen atoms in total. The molecular formula is C12H10N4O4. The lowest BCUT2D eigenvalue weighted by Gasteiger charge is -2.21. The molecular weight excluding hydrogens is 264 g/mol. The van der Waals surface area contributed by atoms with Gasteiger partial charge < -0.3 is 5.32 Å². The van der Waals surface area contributed by atoms with Crippen LogP contribution in [-0.4, -0.2) is 28.3 Å². The minimum atomic E-state index is -1.32. The highest BCUT2D eigenvalue weighted by Crippen LogP contribution is 2.29. The molecule has 8 heteroatoms. The van der Waals surface area contributed by atoms with Crippen LogP contribution in [0.15, 0.2) is 24.3 Å². The van der Waals surface area contributed by atoms with Crippen LogP contribution in [0, 0.1) is 21.4 Å². The first-order chi connectivity index (χ1) is 9.40. The third-order valence-corrected chi connectivity index (χ3v) is 3.16. The number of nitrogens with one attached hydrogen (secondary N) is 1. The van der Waals surface area contributed by atoms with Crippen molar-refractivity contribution in [2.24, 2.45) is 0 Å². The second-order valence-corrected chi connectivity index (χ2v) is 4.41. The molecule has 1 aromatic carbocycles. The maximum absolute atomic E-state index is 12.2. The van der Waals surface area contributed by atoms with Crippen LogP contribution >= 0.6 is 0 Å². The van der Waals surface area contributed by atoms with Gasteiger partial charge in [0.2, 0.25) is 0 Å². The number of non-ortho nitro benzene ring substituents is 1. The van der Waals surface area contributed by atoms with Gasteiger partial charge in [-0.2, -0.15) is 5.26 Å². The third kappa shape index (κ3) is 1.95. The van der Waals surface area contributed by atoms with Crippen molar-refractivity contribution in [1.82, 2.24) is 10.2 Å². The van der Waals surface area contributed by atoms with E-state index in [2.05, 4.69) is 5.32 Å². The molecule has 1 aliphatic heterocycles. The van der Waals surface area contributed by atoms with Crippen molar-refractivity contribution in [1.29, 1.82) is 5.26 Å². The summed E-state index contributed by atoms with van der Waals surface area (Å²) in [5.41, 5.74) is -1.01. The summed E-state index contributed by atoms with van der Waals surface area (Å²) in [6.07, 6.45) is 0. The van der Waals surface area contributed by atoms with Gasteiger partial charge >= 0.3 is 6.03 Å². The summed E-state index contributed by atoms with van der Waals surface area (Å²) in [5, 5.41) is 21.7. The lowest BCUT2D eigenvalue weighted by Crippen LogP contribution is -2.40. The van der Waals surface area contributed by atoms with Crippen LogP contribution in [-0.2, 0) is 10.3 Å². The highest BCUT2D eigenvalue weighted by molar-refractivity contribution is 6.07. The summed E-state index contributed by atoms with van der Waals surface area (Å²) in [5.74, 6) is -0.557. The lowest BCUT2D eigenvalue weighted by atomic mass is 9.92. The zero-order valence-corrected chi connectivity index (χ0v) is 10.5. The molecule has 0 radical (unpaired) electrons. The van der Waals surface area contributed by atoms with Gasteiger partial charge in [0, 0.05) is 12.1 Å². The van der Waals surface area contributed by atoms with E-state index in [1.165, 1.54) is 31.2 Å². The van der Waals surface area contributed by atoms with Crippen LogP contribution in [0.5, 0.6) is 0 Å². The standard InChI is InChI=1S/C12H10N4O4/c1-12(8-2-4-9(5-3-8)16(19)20)10(17)15(7-6-13)11(18)14-12/h2-5H,7H2,1H3,(H,14,18). The molecule has 102 valence electrons. The van der Waals surface area contributed by atoms with Crippen molar-refractivity contribution in [3.63, 3.8) is 0 Å². The number of nitriles is 1. The molecule has 0 aromatic heterocycles. The van der Waals surface area contributed by atoms with Crippen molar-refractivity contribution in [3.05, 3.63) is 39.9 Å². The van der Waals surface area contributed by atoms with Crippen molar-refractivity contribution in [2.75, 3.05) is 6.54 Å². The number of carbonyl (C=O) groups is 2. The normalized spacial score (nSPS) is 21.5. The minimum absolute atomic E-state index is 0.108. The van der Waals surface area contributed by atoms with Gasteiger partial charge in [0.1, 0.15) is 12.1 Å². The van der Waals surface area contributed by atoms with Gasteiger partial charge in [0.15, 0.2) is 0 Å². The molecule has 2 rings (SSSR count). The first-order valence-electron chi connectivity index (χ1n) is 5.66. The molecule has 20 heavy (non-hydrogen) atoms. The molecule has 1 heterocycles. The van der Waals surface area contributed by atoms with E-state index in [4.69, 9.17) is 5.26 Å². The summed E-state index contributed by atoms with van der Waals surface area (Å²) in [6, 6.07) is 6.42. The van der Waals surface area contributed by atoms with Gasteiger partial charge in [-0.15, -0.1) is 0 Å². The Bertz CT molecular complexity index is 634. The zero-order chi connectivity index (χ0) is 14.9. The molecule has 0 aliphatic carbocycles. The molecule has 1 aliphatic rings. The second-order valence-electron chi connectivity index (χ2n) is 4.41. The van der Waals surface area contributed by atoms with E-state index >= 15 is 0 Å². The average molecular weight is 274 g/mol. The summed E-state index contributed by atoms with van der Waals surface area (Å²) in [6.45, 7) is 1.15. The topological polar surface area (TPSA) is 116 Å². The predicted octanol–water partition coefficient (Wildman–Crippen LogP) is 0.885. The Morgan fingerprint density at radius 3 is 2.50 bits per heavy atom. The van der Waals surface area contributed by atoms with Crippen LogP contribution in [0.1, 0.15) is 12.5 Å². The monoisotopic (exact) mass is 274 g/mol. The number of nitro groups is 1. The smallest absolute Gasteiger partial charge is 0.319 e. The molecule has 1 saturated heterocycles. The number of amides is 3. The fraction of sp³-hybridized carbons (Fsp3) is 0.250. The molecule has 0 saturated carbocycles. The molecule has 0 bridgehead atoms. The first-order valence-corrected chi connectivity index (χ1v) is 5.66. The van der Waals surface area contributed by atoms with Crippen LogP contribution in [0.25, 0.3) is 0 Å². The highest BCUT2D eigenvalue weighted by Gasteiger charge is 2.48. The Balaban J connectivity index is 2.37. The summed E-state index contributed by atoms with van der Waals surface area (Å²) >= 11 is 0. The molecule has 0 spiro atoms. The van der Waals surface area contributed by atoms with E-state index < -0.39 is 22.4 Å². The van der Waals surface area contributed by atoms with Crippen LogP contribution in [0.2, 0.25) is 0 Å². The van der Waals surface area contributed by atoms with Crippen LogP contribution in [0.4, 0.5) is 10.5 Å². The van der Waals surface area contributed by atoms with E-state index in [9.17, 15) is 19.7 Å².